The largest absolute Gasteiger partial charge is 0.493 e. The molecule has 0 saturated heterocycles. The summed E-state index contributed by atoms with van der Waals surface area (Å²) in [6.07, 6.45) is 0. The number of aryl methyl sites for hydroxylation is 1. The van der Waals surface area contributed by atoms with Gasteiger partial charge in [-0.3, -0.25) is 4.90 Å². The van der Waals surface area contributed by atoms with Crippen molar-refractivity contribution in [2.24, 2.45) is 0 Å². The SMILES string of the molecule is COc1ccc(-c2noc(CN(C)CCOc3ccc(C)cc3)n2)cc1OC. The van der Waals surface area contributed by atoms with Crippen LogP contribution in [0.5, 0.6) is 17.2 Å². The van der Waals surface area contributed by atoms with Gasteiger partial charge in [-0.15, -0.1) is 0 Å². The van der Waals surface area contributed by atoms with E-state index in [-0.39, 0.29) is 0 Å². The predicted octanol–water partition coefficient (Wildman–Crippen LogP) is 3.57. The lowest BCUT2D eigenvalue weighted by Crippen LogP contribution is -2.24. The van der Waals surface area contributed by atoms with E-state index in [1.165, 1.54) is 5.56 Å². The quantitative estimate of drug-likeness (QED) is 0.559. The number of rotatable bonds is 9. The Hall–Kier alpha value is -3.06. The average Bonchev–Trinajstić information content (AvgIpc) is 3.17. The molecular formula is C21H25N3O4. The molecule has 3 rings (SSSR count). The van der Waals surface area contributed by atoms with Gasteiger partial charge in [-0.2, -0.15) is 4.98 Å². The summed E-state index contributed by atoms with van der Waals surface area (Å²) in [7, 11) is 5.18. The number of hydrogen-bond acceptors (Lipinski definition) is 7. The maximum atomic E-state index is 5.76. The van der Waals surface area contributed by atoms with Gasteiger partial charge in [0.1, 0.15) is 12.4 Å². The fourth-order valence-electron chi connectivity index (χ4n) is 2.68. The van der Waals surface area contributed by atoms with Gasteiger partial charge in [-0.1, -0.05) is 22.9 Å². The van der Waals surface area contributed by atoms with Crippen LogP contribution in [0.1, 0.15) is 11.5 Å². The summed E-state index contributed by atoms with van der Waals surface area (Å²) in [6.45, 7) is 3.91. The molecule has 28 heavy (non-hydrogen) atoms. The monoisotopic (exact) mass is 383 g/mol. The Morgan fingerprint density at radius 2 is 1.75 bits per heavy atom. The minimum Gasteiger partial charge on any atom is -0.493 e. The summed E-state index contributed by atoms with van der Waals surface area (Å²) in [5.74, 6) is 3.20. The van der Waals surface area contributed by atoms with Gasteiger partial charge >= 0.3 is 0 Å². The van der Waals surface area contributed by atoms with Crippen LogP contribution in [0.25, 0.3) is 11.4 Å². The van der Waals surface area contributed by atoms with Crippen LogP contribution >= 0.6 is 0 Å². The number of benzene rings is 2. The predicted molar refractivity (Wildman–Crippen MR) is 106 cm³/mol. The Kier molecular flexibility index (Phi) is 6.49. The van der Waals surface area contributed by atoms with E-state index in [0.717, 1.165) is 17.9 Å². The van der Waals surface area contributed by atoms with Crippen molar-refractivity contribution in [1.82, 2.24) is 15.0 Å². The number of methoxy groups -OCH3 is 2. The third-order valence-corrected chi connectivity index (χ3v) is 4.28. The molecule has 0 saturated carbocycles. The lowest BCUT2D eigenvalue weighted by molar-refractivity contribution is 0.213. The molecule has 0 fully saturated rings. The summed E-state index contributed by atoms with van der Waals surface area (Å²) >= 11 is 0. The van der Waals surface area contributed by atoms with Gasteiger partial charge < -0.3 is 18.7 Å². The molecule has 7 nitrogen and oxygen atoms in total. The van der Waals surface area contributed by atoms with Crippen molar-refractivity contribution in [3.8, 4) is 28.6 Å². The number of aromatic nitrogens is 2. The molecular weight excluding hydrogens is 358 g/mol. The van der Waals surface area contributed by atoms with E-state index in [4.69, 9.17) is 18.7 Å². The second-order valence-corrected chi connectivity index (χ2v) is 6.48. The van der Waals surface area contributed by atoms with E-state index < -0.39 is 0 Å². The molecule has 0 aliphatic carbocycles. The molecule has 0 radical (unpaired) electrons. The molecule has 0 atom stereocenters. The maximum Gasteiger partial charge on any atom is 0.241 e. The van der Waals surface area contributed by atoms with E-state index in [0.29, 0.717) is 36.4 Å². The van der Waals surface area contributed by atoms with Crippen LogP contribution < -0.4 is 14.2 Å². The van der Waals surface area contributed by atoms with Gasteiger partial charge in [0.2, 0.25) is 11.7 Å². The molecule has 1 aromatic heterocycles. The molecule has 1 heterocycles. The number of likely N-dealkylation sites (N-methyl/N-ethyl adjacent to an activating group) is 1. The van der Waals surface area contributed by atoms with Crippen molar-refractivity contribution in [3.63, 3.8) is 0 Å². The fraction of sp³-hybridized carbons (Fsp3) is 0.333. The molecule has 0 spiro atoms. The summed E-state index contributed by atoms with van der Waals surface area (Å²) in [6, 6.07) is 13.5. The normalized spacial score (nSPS) is 10.9. The highest BCUT2D eigenvalue weighted by Gasteiger charge is 2.13. The molecule has 2 aromatic carbocycles. The second kappa shape index (κ2) is 9.23. The zero-order valence-corrected chi connectivity index (χ0v) is 16.6. The maximum absolute atomic E-state index is 5.76. The Balaban J connectivity index is 1.54. The number of hydrogen-bond donors (Lipinski definition) is 0. The third-order valence-electron chi connectivity index (χ3n) is 4.28. The number of ether oxygens (including phenoxy) is 3. The molecule has 3 aromatic rings. The van der Waals surface area contributed by atoms with Crippen LogP contribution in [0, 0.1) is 6.92 Å². The smallest absolute Gasteiger partial charge is 0.241 e. The minimum atomic E-state index is 0.514. The van der Waals surface area contributed by atoms with E-state index in [1.54, 1.807) is 14.2 Å². The second-order valence-electron chi connectivity index (χ2n) is 6.48. The van der Waals surface area contributed by atoms with Crippen molar-refractivity contribution < 1.29 is 18.7 Å². The van der Waals surface area contributed by atoms with E-state index in [2.05, 4.69) is 22.0 Å². The Morgan fingerprint density at radius 3 is 2.46 bits per heavy atom. The fourth-order valence-corrected chi connectivity index (χ4v) is 2.68. The van der Waals surface area contributed by atoms with Gasteiger partial charge in [0.05, 0.1) is 20.8 Å². The molecule has 7 heteroatoms. The molecule has 0 aliphatic heterocycles. The number of nitrogens with zero attached hydrogens (tertiary/aromatic N) is 3. The van der Waals surface area contributed by atoms with E-state index >= 15 is 0 Å². The van der Waals surface area contributed by atoms with Crippen LogP contribution in [0.4, 0.5) is 0 Å². The Morgan fingerprint density at radius 1 is 1.00 bits per heavy atom. The third kappa shape index (κ3) is 5.01. The molecule has 0 N–H and O–H groups in total. The first-order valence-electron chi connectivity index (χ1n) is 9.02. The molecule has 0 bridgehead atoms. The highest BCUT2D eigenvalue weighted by atomic mass is 16.5. The van der Waals surface area contributed by atoms with Crippen molar-refractivity contribution in [1.29, 1.82) is 0 Å². The first kappa shape index (κ1) is 19.7. The van der Waals surface area contributed by atoms with Gasteiger partial charge in [0.15, 0.2) is 11.5 Å². The molecule has 0 aliphatic rings. The van der Waals surface area contributed by atoms with E-state index in [1.807, 2.05) is 49.5 Å². The van der Waals surface area contributed by atoms with Gasteiger partial charge in [0.25, 0.3) is 0 Å². The van der Waals surface area contributed by atoms with Crippen LogP contribution in [0.2, 0.25) is 0 Å². The summed E-state index contributed by atoms with van der Waals surface area (Å²) < 4.78 is 21.7. The summed E-state index contributed by atoms with van der Waals surface area (Å²) in [4.78, 5) is 6.54. The molecule has 0 amide bonds. The summed E-state index contributed by atoms with van der Waals surface area (Å²) in [5, 5.41) is 4.07. The average molecular weight is 383 g/mol. The highest BCUT2D eigenvalue weighted by Crippen LogP contribution is 2.31. The van der Waals surface area contributed by atoms with Gasteiger partial charge in [-0.25, -0.2) is 0 Å². The lowest BCUT2D eigenvalue weighted by atomic mass is 10.2. The minimum absolute atomic E-state index is 0.514. The first-order chi connectivity index (χ1) is 13.6. The topological polar surface area (TPSA) is 69.9 Å². The lowest BCUT2D eigenvalue weighted by Gasteiger charge is -2.14. The van der Waals surface area contributed by atoms with Gasteiger partial charge in [-0.05, 0) is 44.3 Å². The standard InChI is InChI=1S/C21H25N3O4/c1-15-5-8-17(9-6-15)27-12-11-24(2)14-20-22-21(23-28-20)16-7-10-18(25-3)19(13-16)26-4/h5-10,13H,11-12,14H2,1-4H3. The zero-order chi connectivity index (χ0) is 19.9. The van der Waals surface area contributed by atoms with Crippen LogP contribution in [-0.2, 0) is 6.54 Å². The molecule has 148 valence electrons. The highest BCUT2D eigenvalue weighted by molar-refractivity contribution is 5.60. The van der Waals surface area contributed by atoms with Gasteiger partial charge in [0, 0.05) is 12.1 Å². The Labute approximate surface area is 164 Å². The first-order valence-corrected chi connectivity index (χ1v) is 9.02. The van der Waals surface area contributed by atoms with Crippen LogP contribution in [0.15, 0.2) is 47.0 Å². The Bertz CT molecular complexity index is 893. The van der Waals surface area contributed by atoms with Crippen molar-refractivity contribution in [2.45, 2.75) is 13.5 Å². The van der Waals surface area contributed by atoms with Crippen molar-refractivity contribution in [2.75, 3.05) is 34.4 Å². The van der Waals surface area contributed by atoms with E-state index in [9.17, 15) is 0 Å². The zero-order valence-electron chi connectivity index (χ0n) is 16.6. The molecule has 0 unspecified atom stereocenters. The van der Waals surface area contributed by atoms with Crippen LogP contribution in [-0.4, -0.2) is 49.5 Å². The van der Waals surface area contributed by atoms with Crippen molar-refractivity contribution in [3.05, 3.63) is 53.9 Å². The summed E-state index contributed by atoms with van der Waals surface area (Å²) in [5.41, 5.74) is 2.02. The van der Waals surface area contributed by atoms with Crippen molar-refractivity contribution >= 4 is 0 Å². The van der Waals surface area contributed by atoms with Crippen LogP contribution in [0.3, 0.4) is 0 Å².